The number of hydrogen-bond acceptors (Lipinski definition) is 17. The second kappa shape index (κ2) is 27.6. The molecule has 9 unspecified atom stereocenters. The molecular formula is C47H75NO17. The number of allylic oxidation sites excluding steroid dienone is 10. The van der Waals surface area contributed by atoms with Crippen molar-refractivity contribution in [1.82, 2.24) is 0 Å². The van der Waals surface area contributed by atoms with Crippen molar-refractivity contribution in [2.75, 3.05) is 0 Å². The molecule has 3 heterocycles. The summed E-state index contributed by atoms with van der Waals surface area (Å²) in [5.41, 5.74) is 6.02. The minimum Gasteiger partial charge on any atom is -0.481 e. The van der Waals surface area contributed by atoms with Gasteiger partial charge in [-0.1, -0.05) is 86.8 Å². The van der Waals surface area contributed by atoms with E-state index in [1.807, 2.05) is 49.5 Å². The number of cyclic esters (lactones) is 1. The van der Waals surface area contributed by atoms with Crippen molar-refractivity contribution in [2.45, 2.75) is 189 Å². The lowest BCUT2D eigenvalue weighted by molar-refractivity contribution is -0.310. The molecule has 2 bridgehead atoms. The number of ether oxygens (including phenoxy) is 4. The number of fused-ring (bicyclic) bond motifs is 2. The van der Waals surface area contributed by atoms with E-state index in [4.69, 9.17) is 24.7 Å². The molecule has 3 aliphatic heterocycles. The molecule has 0 aliphatic carbocycles. The third-order valence-electron chi connectivity index (χ3n) is 12.2. The van der Waals surface area contributed by atoms with Gasteiger partial charge >= 0.3 is 11.9 Å². The highest BCUT2D eigenvalue weighted by Crippen LogP contribution is 2.38. The van der Waals surface area contributed by atoms with Gasteiger partial charge in [-0.25, -0.2) is 0 Å². The Labute approximate surface area is 381 Å². The Balaban J connectivity index is 1.84. The van der Waals surface area contributed by atoms with Crippen molar-refractivity contribution in [3.63, 3.8) is 0 Å². The minimum atomic E-state index is -2.35. The number of aliphatic hydroxyl groups is 10. The van der Waals surface area contributed by atoms with Crippen molar-refractivity contribution in [1.29, 1.82) is 0 Å². The van der Waals surface area contributed by atoms with Crippen molar-refractivity contribution < 1.29 is 84.7 Å². The number of carboxylic acids is 1. The van der Waals surface area contributed by atoms with Crippen LogP contribution in [0.15, 0.2) is 72.9 Å². The molecule has 18 nitrogen and oxygen atoms in total. The second-order valence-corrected chi connectivity index (χ2v) is 17.8. The van der Waals surface area contributed by atoms with Gasteiger partial charge in [0.15, 0.2) is 12.1 Å². The Morgan fingerprint density at radius 2 is 1.28 bits per heavy atom. The van der Waals surface area contributed by atoms with Crippen molar-refractivity contribution >= 4 is 11.9 Å². The van der Waals surface area contributed by atoms with E-state index in [0.29, 0.717) is 0 Å². The van der Waals surface area contributed by atoms with Gasteiger partial charge in [0, 0.05) is 31.1 Å². The predicted octanol–water partition coefficient (Wildman–Crippen LogP) is 0.936. The fourth-order valence-electron chi connectivity index (χ4n) is 8.11. The molecule has 0 spiro atoms. The first-order chi connectivity index (χ1) is 30.6. The fraction of sp³-hybridized carbons (Fsp3) is 0.702. The van der Waals surface area contributed by atoms with Crippen LogP contribution in [0.25, 0.3) is 0 Å². The van der Waals surface area contributed by atoms with Crippen molar-refractivity contribution in [3.05, 3.63) is 72.9 Å². The summed E-state index contributed by atoms with van der Waals surface area (Å²) >= 11 is 0. The molecule has 2 saturated heterocycles. The number of rotatable bonds is 3. The highest BCUT2D eigenvalue weighted by Gasteiger charge is 2.51. The molecule has 0 radical (unpaired) electrons. The highest BCUT2D eigenvalue weighted by molar-refractivity contribution is 5.71. The Morgan fingerprint density at radius 3 is 1.94 bits per heavy atom. The van der Waals surface area contributed by atoms with Crippen LogP contribution in [0.1, 0.15) is 91.9 Å². The van der Waals surface area contributed by atoms with Crippen LogP contribution in [0.5, 0.6) is 0 Å². The number of carbonyl (C=O) groups is 2. The number of hydrogen-bond donors (Lipinski definition) is 12. The maximum atomic E-state index is 12.6. The SMILES string of the molecule is C[C@@H]1[C@H](O)[C@@H](C)/C=C/C=C/CC/C=C/C=C/C=C/C=C/C(O[C@@H]2O[C@H](C)[C@@H](O)[C@H](N)[C@@H]2O)CC2O[C@](O)(CC(O)C(O)CCC(O)CC(O)CC(O)CC(=O)O[C@H]1C)CC(O)C2C(=O)O. The number of carboxylic acid groups (broad SMARTS) is 1. The summed E-state index contributed by atoms with van der Waals surface area (Å²) in [6, 6.07) is -1.14. The highest BCUT2D eigenvalue weighted by atomic mass is 16.7. The van der Waals surface area contributed by atoms with Crippen LogP contribution in [0.4, 0.5) is 0 Å². The zero-order valence-corrected chi connectivity index (χ0v) is 37.8. The van der Waals surface area contributed by atoms with Gasteiger partial charge in [0.1, 0.15) is 18.1 Å². The van der Waals surface area contributed by atoms with E-state index in [1.165, 1.54) is 13.0 Å². The molecule has 0 amide bonds. The van der Waals surface area contributed by atoms with Gasteiger partial charge in [0.2, 0.25) is 0 Å². The lowest BCUT2D eigenvalue weighted by atomic mass is 9.82. The largest absolute Gasteiger partial charge is 0.481 e. The number of aliphatic carboxylic acids is 1. The molecule has 370 valence electrons. The molecule has 0 aromatic heterocycles. The zero-order valence-electron chi connectivity index (χ0n) is 37.8. The summed E-state index contributed by atoms with van der Waals surface area (Å²) < 4.78 is 23.2. The van der Waals surface area contributed by atoms with Crippen molar-refractivity contribution in [3.8, 4) is 0 Å². The van der Waals surface area contributed by atoms with E-state index in [9.17, 15) is 65.8 Å². The normalized spacial score (nSPS) is 45.2. The van der Waals surface area contributed by atoms with E-state index in [2.05, 4.69) is 0 Å². The predicted molar refractivity (Wildman–Crippen MR) is 237 cm³/mol. The van der Waals surface area contributed by atoms with Crippen LogP contribution in [0.3, 0.4) is 0 Å². The Kier molecular flexibility index (Phi) is 23.8. The molecule has 19 atom stereocenters. The van der Waals surface area contributed by atoms with Crippen LogP contribution in [0.2, 0.25) is 0 Å². The molecule has 3 rings (SSSR count). The minimum absolute atomic E-state index is 0.138. The molecule has 13 N–H and O–H groups in total. The number of esters is 1. The summed E-state index contributed by atoms with van der Waals surface area (Å²) in [7, 11) is 0. The third kappa shape index (κ3) is 18.8. The van der Waals surface area contributed by atoms with Gasteiger partial charge in [0.25, 0.3) is 0 Å². The third-order valence-corrected chi connectivity index (χ3v) is 12.2. The smallest absolute Gasteiger partial charge is 0.311 e. The zero-order chi connectivity index (χ0) is 48.4. The van der Waals surface area contributed by atoms with Gasteiger partial charge in [-0.3, -0.25) is 9.59 Å². The summed E-state index contributed by atoms with van der Waals surface area (Å²) in [5, 5.41) is 118. The molecule has 3 aliphatic rings. The molecular weight excluding hydrogens is 851 g/mol. The van der Waals surface area contributed by atoms with Crippen LogP contribution in [-0.2, 0) is 28.5 Å². The van der Waals surface area contributed by atoms with Crippen LogP contribution >= 0.6 is 0 Å². The van der Waals surface area contributed by atoms with Gasteiger partial charge in [0.05, 0.1) is 79.6 Å². The quantitative estimate of drug-likeness (QED) is 0.175. The first kappa shape index (κ1) is 56.1. The summed E-state index contributed by atoms with van der Waals surface area (Å²) in [6.45, 7) is 6.78. The Bertz CT molecular complexity index is 1620. The van der Waals surface area contributed by atoms with E-state index < -0.39 is 141 Å². The first-order valence-electron chi connectivity index (χ1n) is 22.6. The maximum absolute atomic E-state index is 12.6. The molecule has 0 saturated carbocycles. The number of carbonyl (C=O) groups excluding carboxylic acids is 1. The topological polar surface area (TPSA) is 320 Å². The molecule has 0 aromatic rings. The first-order valence-corrected chi connectivity index (χ1v) is 22.6. The average Bonchev–Trinajstić information content (AvgIpc) is 3.21. The molecule has 0 aromatic carbocycles. The van der Waals surface area contributed by atoms with Gasteiger partial charge in [-0.05, 0) is 52.4 Å². The van der Waals surface area contributed by atoms with Gasteiger partial charge in [-0.15, -0.1) is 0 Å². The van der Waals surface area contributed by atoms with Crippen LogP contribution in [-0.4, -0.2) is 166 Å². The van der Waals surface area contributed by atoms with E-state index in [-0.39, 0.29) is 38.0 Å². The van der Waals surface area contributed by atoms with E-state index in [1.54, 1.807) is 38.2 Å². The van der Waals surface area contributed by atoms with Gasteiger partial charge < -0.3 is 80.9 Å². The number of aliphatic hydroxyl groups excluding tert-OH is 9. The second-order valence-electron chi connectivity index (χ2n) is 17.8. The summed E-state index contributed by atoms with van der Waals surface area (Å²) in [5.74, 6) is -6.82. The van der Waals surface area contributed by atoms with Crippen LogP contribution in [0, 0.1) is 17.8 Å². The summed E-state index contributed by atoms with van der Waals surface area (Å²) in [6.07, 6.45) is 2.28. The molecule has 65 heavy (non-hydrogen) atoms. The van der Waals surface area contributed by atoms with Gasteiger partial charge in [-0.2, -0.15) is 0 Å². The Hall–Kier alpha value is -3.18. The standard InChI is InChI=1S/C47H75NO17/c1-27-17-15-13-11-9-7-5-6-8-10-12-14-16-18-34(64-46-44(58)41(48)43(57)30(4)63-46)24-38-40(45(59)60)37(54)26-47(61,65-38)25-36(53)35(52)20-19-31(49)21-32(50)22-33(51)23-39(55)62-29(3)28(2)42(27)56/h5-6,8,10-18,27-38,40-44,46,49-54,56-58,61H,7,9,19-26,48H2,1-4H3,(H,59,60)/b6-5+,10-8+,13-11+,14-12+,17-15+,18-16+/t27-,28-,29-,30+,31?,32?,33?,34?,35?,36?,37?,38?,40?,41-,42+,43+,44-,46-,47+/m0/s1. The monoisotopic (exact) mass is 926 g/mol. The van der Waals surface area contributed by atoms with E-state index >= 15 is 0 Å². The summed E-state index contributed by atoms with van der Waals surface area (Å²) in [4.78, 5) is 25.1. The number of nitrogens with two attached hydrogens (primary N) is 1. The maximum Gasteiger partial charge on any atom is 0.311 e. The molecule has 2 fully saturated rings. The lowest BCUT2D eigenvalue weighted by Crippen LogP contribution is -2.61. The fourth-order valence-corrected chi connectivity index (χ4v) is 8.11. The Morgan fingerprint density at radius 1 is 0.692 bits per heavy atom. The average molecular weight is 926 g/mol. The lowest BCUT2D eigenvalue weighted by Gasteiger charge is -2.45. The molecule has 18 heteroatoms. The van der Waals surface area contributed by atoms with Crippen LogP contribution < -0.4 is 5.73 Å². The van der Waals surface area contributed by atoms with E-state index in [0.717, 1.165) is 12.8 Å². The van der Waals surface area contributed by atoms with Crippen molar-refractivity contribution in [2.24, 2.45) is 23.5 Å².